The Morgan fingerprint density at radius 1 is 1.15 bits per heavy atom. The molecule has 1 atom stereocenters. The van der Waals surface area contributed by atoms with Crippen molar-refractivity contribution in [1.82, 2.24) is 0 Å². The lowest BCUT2D eigenvalue weighted by Gasteiger charge is -2.14. The first-order valence-electron chi connectivity index (χ1n) is 5.78. The Bertz CT molecular complexity index is 676. The Balaban J connectivity index is 2.04. The van der Waals surface area contributed by atoms with Gasteiger partial charge in [0.1, 0.15) is 17.7 Å². The summed E-state index contributed by atoms with van der Waals surface area (Å²) in [6.45, 7) is 0.0851. The lowest BCUT2D eigenvalue weighted by atomic mass is 10.0. The molecule has 1 unspecified atom stereocenters. The standard InChI is InChI=1S/C14H9BrF2O3/c15-10-3-7(4-12-14(10)20-6-19-12)13(18)9-5-8(16)1-2-11(9)17/h1-5,13,18H,6H2. The second kappa shape index (κ2) is 5.03. The first kappa shape index (κ1) is 13.3. The van der Waals surface area contributed by atoms with Crippen LogP contribution in [-0.4, -0.2) is 11.9 Å². The molecule has 0 amide bonds. The van der Waals surface area contributed by atoms with E-state index in [-0.39, 0.29) is 12.4 Å². The molecule has 0 saturated heterocycles. The van der Waals surface area contributed by atoms with Gasteiger partial charge in [0.2, 0.25) is 6.79 Å². The summed E-state index contributed by atoms with van der Waals surface area (Å²) in [6.07, 6.45) is -1.29. The van der Waals surface area contributed by atoms with Crippen LogP contribution in [0.15, 0.2) is 34.8 Å². The van der Waals surface area contributed by atoms with Crippen molar-refractivity contribution < 1.29 is 23.4 Å². The zero-order valence-corrected chi connectivity index (χ0v) is 11.7. The van der Waals surface area contributed by atoms with Crippen LogP contribution in [0.3, 0.4) is 0 Å². The smallest absolute Gasteiger partial charge is 0.231 e. The molecule has 2 aromatic rings. The highest BCUT2D eigenvalue weighted by atomic mass is 79.9. The largest absolute Gasteiger partial charge is 0.454 e. The molecule has 2 aromatic carbocycles. The van der Waals surface area contributed by atoms with Crippen LogP contribution in [0.25, 0.3) is 0 Å². The maximum atomic E-state index is 13.7. The molecule has 20 heavy (non-hydrogen) atoms. The summed E-state index contributed by atoms with van der Waals surface area (Å²) in [5.74, 6) is -0.307. The number of benzene rings is 2. The Morgan fingerprint density at radius 2 is 1.95 bits per heavy atom. The van der Waals surface area contributed by atoms with Gasteiger partial charge >= 0.3 is 0 Å². The number of fused-ring (bicyclic) bond motifs is 1. The highest BCUT2D eigenvalue weighted by molar-refractivity contribution is 9.10. The predicted octanol–water partition coefficient (Wildman–Crippen LogP) is 3.54. The lowest BCUT2D eigenvalue weighted by Crippen LogP contribution is -2.03. The number of aliphatic hydroxyl groups is 1. The maximum absolute atomic E-state index is 13.7. The summed E-state index contributed by atoms with van der Waals surface area (Å²) in [5, 5.41) is 10.2. The lowest BCUT2D eigenvalue weighted by molar-refractivity contribution is 0.173. The quantitative estimate of drug-likeness (QED) is 0.907. The summed E-state index contributed by atoms with van der Waals surface area (Å²) in [7, 11) is 0. The summed E-state index contributed by atoms with van der Waals surface area (Å²) in [4.78, 5) is 0. The SMILES string of the molecule is OC(c1cc(Br)c2c(c1)OCO2)c1cc(F)ccc1F. The second-order valence-electron chi connectivity index (χ2n) is 4.30. The van der Waals surface area contributed by atoms with Gasteiger partial charge in [0.25, 0.3) is 0 Å². The van der Waals surface area contributed by atoms with E-state index in [9.17, 15) is 13.9 Å². The van der Waals surface area contributed by atoms with Crippen LogP contribution in [0.1, 0.15) is 17.2 Å². The van der Waals surface area contributed by atoms with Gasteiger partial charge < -0.3 is 14.6 Å². The van der Waals surface area contributed by atoms with Gasteiger partial charge in [-0.2, -0.15) is 0 Å². The molecule has 0 saturated carbocycles. The molecule has 0 bridgehead atoms. The van der Waals surface area contributed by atoms with Crippen LogP contribution in [0, 0.1) is 11.6 Å². The number of hydrogen-bond donors (Lipinski definition) is 1. The molecule has 1 N–H and O–H groups in total. The molecule has 6 heteroatoms. The molecule has 1 aliphatic rings. The first-order chi connectivity index (χ1) is 9.56. The van der Waals surface area contributed by atoms with Crippen molar-refractivity contribution in [1.29, 1.82) is 0 Å². The molecule has 1 aliphatic heterocycles. The van der Waals surface area contributed by atoms with Crippen molar-refractivity contribution >= 4 is 15.9 Å². The normalized spacial score (nSPS) is 14.4. The van der Waals surface area contributed by atoms with Gasteiger partial charge in [-0.15, -0.1) is 0 Å². The fourth-order valence-electron chi connectivity index (χ4n) is 2.05. The second-order valence-corrected chi connectivity index (χ2v) is 5.16. The van der Waals surface area contributed by atoms with Gasteiger partial charge in [0.05, 0.1) is 4.47 Å². The van der Waals surface area contributed by atoms with E-state index in [0.717, 1.165) is 18.2 Å². The molecule has 3 nitrogen and oxygen atoms in total. The van der Waals surface area contributed by atoms with Gasteiger partial charge in [-0.3, -0.25) is 0 Å². The molecule has 1 heterocycles. The Hall–Kier alpha value is -1.66. The van der Waals surface area contributed by atoms with Crippen LogP contribution in [-0.2, 0) is 0 Å². The molecular formula is C14H9BrF2O3. The van der Waals surface area contributed by atoms with Gasteiger partial charge in [-0.25, -0.2) is 8.78 Å². The van der Waals surface area contributed by atoms with E-state index in [4.69, 9.17) is 9.47 Å². The first-order valence-corrected chi connectivity index (χ1v) is 6.57. The van der Waals surface area contributed by atoms with Crippen molar-refractivity contribution in [3.63, 3.8) is 0 Å². The molecule has 0 radical (unpaired) electrons. The third-order valence-corrected chi connectivity index (χ3v) is 3.61. The van der Waals surface area contributed by atoms with E-state index in [0.29, 0.717) is 21.5 Å². The molecule has 104 valence electrons. The number of hydrogen-bond acceptors (Lipinski definition) is 3. The summed E-state index contributed by atoms with van der Waals surface area (Å²) in [5.41, 5.74) is 0.251. The maximum Gasteiger partial charge on any atom is 0.231 e. The van der Waals surface area contributed by atoms with Crippen LogP contribution in [0.5, 0.6) is 11.5 Å². The van der Waals surface area contributed by atoms with Crippen LogP contribution >= 0.6 is 15.9 Å². The van der Waals surface area contributed by atoms with Crippen molar-refractivity contribution in [3.8, 4) is 11.5 Å². The fourth-order valence-corrected chi connectivity index (χ4v) is 2.62. The average Bonchev–Trinajstić information content (AvgIpc) is 2.89. The monoisotopic (exact) mass is 342 g/mol. The Labute approximate surface area is 121 Å². The van der Waals surface area contributed by atoms with Gasteiger partial charge in [-0.1, -0.05) is 0 Å². The van der Waals surface area contributed by atoms with Crippen molar-refractivity contribution in [2.45, 2.75) is 6.10 Å². The Kier molecular flexibility index (Phi) is 3.35. The highest BCUT2D eigenvalue weighted by Gasteiger charge is 2.23. The molecular weight excluding hydrogens is 334 g/mol. The molecule has 0 aromatic heterocycles. The minimum Gasteiger partial charge on any atom is -0.454 e. The number of halogens is 3. The summed E-state index contributed by atoms with van der Waals surface area (Å²) >= 11 is 3.29. The van der Waals surface area contributed by atoms with Crippen LogP contribution in [0.2, 0.25) is 0 Å². The van der Waals surface area contributed by atoms with Gasteiger partial charge in [-0.05, 0) is 51.8 Å². The van der Waals surface area contributed by atoms with E-state index in [1.165, 1.54) is 0 Å². The van der Waals surface area contributed by atoms with E-state index >= 15 is 0 Å². The topological polar surface area (TPSA) is 38.7 Å². The Morgan fingerprint density at radius 3 is 2.75 bits per heavy atom. The van der Waals surface area contributed by atoms with Crippen molar-refractivity contribution in [2.24, 2.45) is 0 Å². The number of aliphatic hydroxyl groups excluding tert-OH is 1. The minimum absolute atomic E-state index is 0.0851. The van der Waals surface area contributed by atoms with E-state index in [1.807, 2.05) is 0 Å². The zero-order valence-electron chi connectivity index (χ0n) is 10.1. The molecule has 0 spiro atoms. The van der Waals surface area contributed by atoms with Crippen molar-refractivity contribution in [2.75, 3.05) is 6.79 Å². The molecule has 0 aliphatic carbocycles. The minimum atomic E-state index is -1.29. The summed E-state index contributed by atoms with van der Waals surface area (Å²) < 4.78 is 37.9. The third-order valence-electron chi connectivity index (χ3n) is 3.02. The van der Waals surface area contributed by atoms with Crippen molar-refractivity contribution in [3.05, 3.63) is 57.6 Å². The van der Waals surface area contributed by atoms with E-state index in [1.54, 1.807) is 12.1 Å². The van der Waals surface area contributed by atoms with Gasteiger partial charge in [0, 0.05) is 5.56 Å². The predicted molar refractivity (Wildman–Crippen MR) is 70.7 cm³/mol. The average molecular weight is 343 g/mol. The fraction of sp³-hybridized carbons (Fsp3) is 0.143. The molecule has 3 rings (SSSR count). The van der Waals surface area contributed by atoms with E-state index < -0.39 is 17.7 Å². The highest BCUT2D eigenvalue weighted by Crippen LogP contribution is 2.42. The molecule has 0 fully saturated rings. The van der Waals surface area contributed by atoms with Crippen LogP contribution < -0.4 is 9.47 Å². The number of ether oxygens (including phenoxy) is 2. The van der Waals surface area contributed by atoms with Crippen LogP contribution in [0.4, 0.5) is 8.78 Å². The number of rotatable bonds is 2. The van der Waals surface area contributed by atoms with Gasteiger partial charge in [0.15, 0.2) is 11.5 Å². The third kappa shape index (κ3) is 2.25. The van der Waals surface area contributed by atoms with E-state index in [2.05, 4.69) is 15.9 Å². The zero-order chi connectivity index (χ0) is 14.3. The summed E-state index contributed by atoms with van der Waals surface area (Å²) in [6, 6.07) is 6.08.